The van der Waals surface area contributed by atoms with Crippen molar-refractivity contribution in [3.8, 4) is 0 Å². The normalized spacial score (nSPS) is 11.3. The van der Waals surface area contributed by atoms with E-state index in [4.69, 9.17) is 0 Å². The zero-order valence-corrected chi connectivity index (χ0v) is 9.34. The van der Waals surface area contributed by atoms with Crippen molar-refractivity contribution in [2.24, 2.45) is 4.99 Å². The molecular weight excluding hydrogens is 208 g/mol. The Hall–Kier alpha value is -1.51. The van der Waals surface area contributed by atoms with Gasteiger partial charge in [-0.25, -0.2) is 9.78 Å². The first-order chi connectivity index (χ1) is 7.13. The quantitative estimate of drug-likeness (QED) is 0.574. The molecule has 0 N–H and O–H groups in total. The SMILES string of the molecule is CC(C)(N=C=O)c1nc2ccccc2s1. The molecule has 0 radical (unpaired) electrons. The maximum atomic E-state index is 10.3. The van der Waals surface area contributed by atoms with Gasteiger partial charge in [0.05, 0.1) is 10.2 Å². The van der Waals surface area contributed by atoms with Gasteiger partial charge in [0.1, 0.15) is 10.5 Å². The standard InChI is InChI=1S/C11H10N2OS/c1-11(2,12-7-14)10-13-8-5-3-4-6-9(8)15-10/h3-6H,1-2H3. The van der Waals surface area contributed by atoms with Gasteiger partial charge in [0.25, 0.3) is 0 Å². The average Bonchev–Trinajstić information content (AvgIpc) is 2.61. The van der Waals surface area contributed by atoms with Crippen LogP contribution < -0.4 is 0 Å². The summed E-state index contributed by atoms with van der Waals surface area (Å²) < 4.78 is 1.11. The molecule has 76 valence electrons. The Bertz CT molecular complexity index is 505. The van der Waals surface area contributed by atoms with Crippen LogP contribution in [0.25, 0.3) is 10.2 Å². The summed E-state index contributed by atoms with van der Waals surface area (Å²) in [5, 5.41) is 0.840. The number of benzene rings is 1. The van der Waals surface area contributed by atoms with Gasteiger partial charge in [0.15, 0.2) is 0 Å². The van der Waals surface area contributed by atoms with Crippen molar-refractivity contribution < 1.29 is 4.79 Å². The van der Waals surface area contributed by atoms with E-state index in [0.29, 0.717) is 0 Å². The van der Waals surface area contributed by atoms with Crippen molar-refractivity contribution in [3.05, 3.63) is 29.3 Å². The Labute approximate surface area is 91.5 Å². The summed E-state index contributed by atoms with van der Waals surface area (Å²) in [4.78, 5) is 18.5. The van der Waals surface area contributed by atoms with Gasteiger partial charge < -0.3 is 0 Å². The Kier molecular flexibility index (Phi) is 2.39. The number of para-hydroxylation sites is 1. The molecule has 0 unspecified atom stereocenters. The van der Waals surface area contributed by atoms with E-state index in [1.54, 1.807) is 17.4 Å². The van der Waals surface area contributed by atoms with Gasteiger partial charge >= 0.3 is 0 Å². The second-order valence-electron chi connectivity index (χ2n) is 3.75. The fourth-order valence-corrected chi connectivity index (χ4v) is 2.31. The predicted octanol–water partition coefficient (Wildman–Crippen LogP) is 2.87. The molecule has 0 atom stereocenters. The monoisotopic (exact) mass is 218 g/mol. The Balaban J connectivity index is 2.58. The number of thiazole rings is 1. The van der Waals surface area contributed by atoms with Gasteiger partial charge in [-0.1, -0.05) is 12.1 Å². The van der Waals surface area contributed by atoms with Crippen LogP contribution in [0.4, 0.5) is 0 Å². The number of isocyanates is 1. The first-order valence-corrected chi connectivity index (χ1v) is 5.40. The number of aromatic nitrogens is 1. The van der Waals surface area contributed by atoms with Crippen LogP contribution in [0.5, 0.6) is 0 Å². The molecule has 0 amide bonds. The lowest BCUT2D eigenvalue weighted by Gasteiger charge is -2.12. The third-order valence-electron chi connectivity index (χ3n) is 2.14. The van der Waals surface area contributed by atoms with Crippen LogP contribution in [-0.2, 0) is 10.3 Å². The van der Waals surface area contributed by atoms with Crippen LogP contribution in [-0.4, -0.2) is 11.1 Å². The summed E-state index contributed by atoms with van der Waals surface area (Å²) in [5.41, 5.74) is 0.373. The van der Waals surface area contributed by atoms with Gasteiger partial charge in [-0.3, -0.25) is 0 Å². The van der Waals surface area contributed by atoms with Crippen molar-refractivity contribution in [3.63, 3.8) is 0 Å². The number of hydrogen-bond donors (Lipinski definition) is 0. The fraction of sp³-hybridized carbons (Fsp3) is 0.273. The number of aliphatic imine (C=N–C) groups is 1. The highest BCUT2D eigenvalue weighted by molar-refractivity contribution is 7.18. The Morgan fingerprint density at radius 3 is 2.80 bits per heavy atom. The molecular formula is C11H10N2OS. The molecule has 0 aliphatic rings. The minimum atomic E-state index is -0.578. The highest BCUT2D eigenvalue weighted by Gasteiger charge is 2.23. The van der Waals surface area contributed by atoms with Gasteiger partial charge in [-0.05, 0) is 26.0 Å². The lowest BCUT2D eigenvalue weighted by atomic mass is 10.1. The molecule has 0 saturated heterocycles. The van der Waals surface area contributed by atoms with Crippen LogP contribution in [0.3, 0.4) is 0 Å². The number of fused-ring (bicyclic) bond motifs is 1. The summed E-state index contributed by atoms with van der Waals surface area (Å²) in [6, 6.07) is 7.88. The first kappa shape index (κ1) is 10.0. The number of rotatable bonds is 2. The summed E-state index contributed by atoms with van der Waals surface area (Å²) in [5.74, 6) is 0. The highest BCUT2D eigenvalue weighted by atomic mass is 32.1. The molecule has 0 aliphatic heterocycles. The van der Waals surface area contributed by atoms with Gasteiger partial charge in [-0.2, -0.15) is 4.99 Å². The van der Waals surface area contributed by atoms with E-state index in [-0.39, 0.29) is 0 Å². The summed E-state index contributed by atoms with van der Waals surface area (Å²) in [6.07, 6.45) is 1.59. The van der Waals surface area contributed by atoms with Crippen molar-refractivity contribution >= 4 is 27.6 Å². The summed E-state index contributed by atoms with van der Waals surface area (Å²) in [7, 11) is 0. The molecule has 1 heterocycles. The van der Waals surface area contributed by atoms with Gasteiger partial charge in [0.2, 0.25) is 6.08 Å². The number of carbonyl (C=O) groups excluding carboxylic acids is 1. The number of nitrogens with zero attached hydrogens (tertiary/aromatic N) is 2. The lowest BCUT2D eigenvalue weighted by Crippen LogP contribution is -2.12. The predicted molar refractivity (Wildman–Crippen MR) is 60.8 cm³/mol. The molecule has 1 aromatic carbocycles. The van der Waals surface area contributed by atoms with Crippen LogP contribution >= 0.6 is 11.3 Å². The minimum Gasteiger partial charge on any atom is -0.239 e. The lowest BCUT2D eigenvalue weighted by molar-refractivity contribution is 0.521. The molecule has 1 aromatic heterocycles. The second kappa shape index (κ2) is 3.57. The third-order valence-corrected chi connectivity index (χ3v) is 3.49. The van der Waals surface area contributed by atoms with Gasteiger partial charge in [0, 0.05) is 0 Å². The molecule has 0 aliphatic carbocycles. The van der Waals surface area contributed by atoms with E-state index >= 15 is 0 Å². The molecule has 0 fully saturated rings. The summed E-state index contributed by atoms with van der Waals surface area (Å²) in [6.45, 7) is 3.71. The van der Waals surface area contributed by atoms with Crippen molar-refractivity contribution in [2.75, 3.05) is 0 Å². The van der Waals surface area contributed by atoms with E-state index < -0.39 is 5.54 Å². The van der Waals surface area contributed by atoms with E-state index in [1.807, 2.05) is 38.1 Å². The van der Waals surface area contributed by atoms with E-state index in [0.717, 1.165) is 15.2 Å². The van der Waals surface area contributed by atoms with E-state index in [1.165, 1.54) is 0 Å². The Morgan fingerprint density at radius 2 is 2.13 bits per heavy atom. The number of hydrogen-bond acceptors (Lipinski definition) is 4. The fourth-order valence-electron chi connectivity index (χ4n) is 1.30. The first-order valence-electron chi connectivity index (χ1n) is 4.58. The van der Waals surface area contributed by atoms with Crippen LogP contribution in [0.2, 0.25) is 0 Å². The molecule has 0 saturated carbocycles. The molecule has 0 bridgehead atoms. The minimum absolute atomic E-state index is 0.578. The molecule has 15 heavy (non-hydrogen) atoms. The smallest absolute Gasteiger partial charge is 0.235 e. The maximum Gasteiger partial charge on any atom is 0.235 e. The van der Waals surface area contributed by atoms with Crippen molar-refractivity contribution in [1.29, 1.82) is 0 Å². The molecule has 3 nitrogen and oxygen atoms in total. The molecule has 4 heteroatoms. The van der Waals surface area contributed by atoms with E-state index in [9.17, 15) is 4.79 Å². The largest absolute Gasteiger partial charge is 0.239 e. The second-order valence-corrected chi connectivity index (χ2v) is 4.78. The van der Waals surface area contributed by atoms with Crippen molar-refractivity contribution in [1.82, 2.24) is 4.98 Å². The highest BCUT2D eigenvalue weighted by Crippen LogP contribution is 2.31. The Morgan fingerprint density at radius 1 is 1.40 bits per heavy atom. The zero-order valence-electron chi connectivity index (χ0n) is 8.52. The van der Waals surface area contributed by atoms with Crippen LogP contribution in [0.15, 0.2) is 29.3 Å². The molecule has 2 aromatic rings. The van der Waals surface area contributed by atoms with Crippen LogP contribution in [0, 0.1) is 0 Å². The topological polar surface area (TPSA) is 42.3 Å². The van der Waals surface area contributed by atoms with Gasteiger partial charge in [-0.15, -0.1) is 11.3 Å². The molecule has 2 rings (SSSR count). The molecule has 0 spiro atoms. The third kappa shape index (κ3) is 1.82. The van der Waals surface area contributed by atoms with Crippen LogP contribution in [0.1, 0.15) is 18.9 Å². The summed E-state index contributed by atoms with van der Waals surface area (Å²) >= 11 is 1.56. The maximum absolute atomic E-state index is 10.3. The van der Waals surface area contributed by atoms with Crippen molar-refractivity contribution in [2.45, 2.75) is 19.4 Å². The zero-order chi connectivity index (χ0) is 10.9. The van der Waals surface area contributed by atoms with E-state index in [2.05, 4.69) is 9.98 Å². The average molecular weight is 218 g/mol.